The van der Waals surface area contributed by atoms with Gasteiger partial charge in [-0.2, -0.15) is 23.0 Å². The first-order chi connectivity index (χ1) is 12.8. The summed E-state index contributed by atoms with van der Waals surface area (Å²) in [6, 6.07) is 1.61. The van der Waals surface area contributed by atoms with E-state index < -0.39 is 11.9 Å². The van der Waals surface area contributed by atoms with Crippen molar-refractivity contribution in [3.63, 3.8) is 0 Å². The van der Waals surface area contributed by atoms with E-state index in [-0.39, 0.29) is 22.3 Å². The van der Waals surface area contributed by atoms with Gasteiger partial charge in [0.05, 0.1) is 5.56 Å². The third kappa shape index (κ3) is 3.91. The van der Waals surface area contributed by atoms with Crippen molar-refractivity contribution < 1.29 is 13.2 Å². The summed E-state index contributed by atoms with van der Waals surface area (Å²) < 4.78 is 43.2. The van der Waals surface area contributed by atoms with E-state index in [9.17, 15) is 13.2 Å². The van der Waals surface area contributed by atoms with Gasteiger partial charge in [0.25, 0.3) is 5.95 Å². The highest BCUT2D eigenvalue weighted by Gasteiger charge is 2.44. The molecular weight excluding hydrogens is 367 g/mol. The van der Waals surface area contributed by atoms with Crippen molar-refractivity contribution in [3.05, 3.63) is 35.8 Å². The summed E-state index contributed by atoms with van der Waals surface area (Å²) in [6.45, 7) is 8.30. The summed E-state index contributed by atoms with van der Waals surface area (Å²) in [6.07, 6.45) is 1.80. The Hall–Kier alpha value is -2.38. The lowest BCUT2D eigenvalue weighted by atomic mass is 9.65. The van der Waals surface area contributed by atoms with Crippen LogP contribution in [0.2, 0.25) is 0 Å². The zero-order chi connectivity index (χ0) is 20.9. The molecule has 8 heteroatoms. The molecule has 0 aromatic carbocycles. The molecule has 0 radical (unpaired) electrons. The number of hydrogen-bond acceptors (Lipinski definition) is 4. The van der Waals surface area contributed by atoms with Crippen molar-refractivity contribution in [1.82, 2.24) is 19.7 Å². The number of allylic oxidation sites excluding steroid dienone is 2. The number of anilines is 1. The maximum absolute atomic E-state index is 14.0. The van der Waals surface area contributed by atoms with Gasteiger partial charge in [0.15, 0.2) is 5.69 Å². The van der Waals surface area contributed by atoms with Crippen molar-refractivity contribution in [2.24, 2.45) is 10.8 Å². The molecule has 0 saturated carbocycles. The zero-order valence-corrected chi connectivity index (χ0v) is 17.1. The predicted octanol–water partition coefficient (Wildman–Crippen LogP) is 4.98. The lowest BCUT2D eigenvalue weighted by Crippen LogP contribution is -2.27. The third-order valence-corrected chi connectivity index (χ3v) is 4.78. The van der Waals surface area contributed by atoms with E-state index in [1.165, 1.54) is 17.1 Å². The Kier molecular flexibility index (Phi) is 4.80. The first-order valence-electron chi connectivity index (χ1n) is 9.18. The lowest BCUT2D eigenvalue weighted by Gasteiger charge is -2.39. The molecule has 1 aliphatic rings. The fraction of sp³-hybridized carbons (Fsp3) is 0.550. The SMILES string of the molecule is CN(C)c1c(C2=CC(C)(C)CC(C)(C)C2)c(C(F)(F)F)nn1-c1ncccn1. The first kappa shape index (κ1) is 20.4. The van der Waals surface area contributed by atoms with Crippen LogP contribution in [0.15, 0.2) is 24.5 Å². The summed E-state index contributed by atoms with van der Waals surface area (Å²) in [5.74, 6) is 0.441. The molecule has 2 aromatic heterocycles. The van der Waals surface area contributed by atoms with Gasteiger partial charge in [-0.25, -0.2) is 9.97 Å². The Morgan fingerprint density at radius 3 is 2.18 bits per heavy atom. The van der Waals surface area contributed by atoms with Crippen LogP contribution in [-0.4, -0.2) is 33.8 Å². The van der Waals surface area contributed by atoms with Gasteiger partial charge < -0.3 is 4.90 Å². The second-order valence-electron chi connectivity index (χ2n) is 9.08. The fourth-order valence-corrected chi connectivity index (χ4v) is 4.40. The van der Waals surface area contributed by atoms with Crippen molar-refractivity contribution >= 4 is 11.4 Å². The van der Waals surface area contributed by atoms with Gasteiger partial charge >= 0.3 is 6.18 Å². The van der Waals surface area contributed by atoms with Crippen LogP contribution in [0.3, 0.4) is 0 Å². The minimum atomic E-state index is -4.59. The van der Waals surface area contributed by atoms with Crippen LogP contribution in [0.25, 0.3) is 11.5 Å². The average molecular weight is 393 g/mol. The number of nitrogens with zero attached hydrogens (tertiary/aromatic N) is 5. The molecule has 2 aromatic rings. The molecule has 1 aliphatic carbocycles. The third-order valence-electron chi connectivity index (χ3n) is 4.78. The number of halogens is 3. The Labute approximate surface area is 163 Å². The standard InChI is InChI=1S/C20H26F3N5/c1-18(2)10-13(11-19(3,4)12-18)14-15(20(21,22)23)26-28(16(14)27(5)6)17-24-8-7-9-25-17/h7-10H,11-12H2,1-6H3. The molecule has 28 heavy (non-hydrogen) atoms. The highest BCUT2D eigenvalue weighted by atomic mass is 19.4. The molecule has 5 nitrogen and oxygen atoms in total. The first-order valence-corrected chi connectivity index (χ1v) is 9.18. The van der Waals surface area contributed by atoms with Crippen molar-refractivity contribution in [2.45, 2.75) is 46.7 Å². The second-order valence-corrected chi connectivity index (χ2v) is 9.08. The van der Waals surface area contributed by atoms with Gasteiger partial charge in [-0.15, -0.1) is 0 Å². The summed E-state index contributed by atoms with van der Waals surface area (Å²) >= 11 is 0. The Morgan fingerprint density at radius 2 is 1.68 bits per heavy atom. The monoisotopic (exact) mass is 393 g/mol. The van der Waals surface area contributed by atoms with E-state index in [1.807, 2.05) is 6.08 Å². The quantitative estimate of drug-likeness (QED) is 0.738. The van der Waals surface area contributed by atoms with E-state index >= 15 is 0 Å². The van der Waals surface area contributed by atoms with Crippen LogP contribution in [0.5, 0.6) is 0 Å². The number of alkyl halides is 3. The molecule has 152 valence electrons. The van der Waals surface area contributed by atoms with E-state index in [0.29, 0.717) is 17.8 Å². The highest BCUT2D eigenvalue weighted by molar-refractivity contribution is 5.79. The number of rotatable bonds is 3. The maximum Gasteiger partial charge on any atom is 0.435 e. The van der Waals surface area contributed by atoms with Gasteiger partial charge in [0.2, 0.25) is 0 Å². The summed E-state index contributed by atoms with van der Waals surface area (Å²) in [4.78, 5) is 9.86. The van der Waals surface area contributed by atoms with Crippen molar-refractivity contribution in [1.29, 1.82) is 0 Å². The van der Waals surface area contributed by atoms with Crippen LogP contribution in [0, 0.1) is 10.8 Å². The number of hydrogen-bond donors (Lipinski definition) is 0. The molecule has 0 bridgehead atoms. The average Bonchev–Trinajstić information content (AvgIpc) is 2.93. The zero-order valence-electron chi connectivity index (χ0n) is 17.1. The molecule has 0 aliphatic heterocycles. The second kappa shape index (κ2) is 6.60. The van der Waals surface area contributed by atoms with Gasteiger partial charge in [-0.05, 0) is 35.3 Å². The normalized spacial score (nSPS) is 18.7. The molecule has 2 heterocycles. The fourth-order valence-electron chi connectivity index (χ4n) is 4.40. The van der Waals surface area contributed by atoms with Crippen molar-refractivity contribution in [2.75, 3.05) is 19.0 Å². The Bertz CT molecular complexity index is 893. The summed E-state index contributed by atoms with van der Waals surface area (Å²) in [7, 11) is 3.42. The predicted molar refractivity (Wildman–Crippen MR) is 103 cm³/mol. The largest absolute Gasteiger partial charge is 0.435 e. The van der Waals surface area contributed by atoms with Gasteiger partial charge in [-0.1, -0.05) is 33.8 Å². The highest BCUT2D eigenvalue weighted by Crippen LogP contribution is 2.51. The van der Waals surface area contributed by atoms with E-state index in [2.05, 4.69) is 42.8 Å². The molecule has 3 rings (SSSR count). The molecule has 0 N–H and O–H groups in total. The molecule has 0 unspecified atom stereocenters. The van der Waals surface area contributed by atoms with Gasteiger partial charge in [0, 0.05) is 26.5 Å². The van der Waals surface area contributed by atoms with Gasteiger partial charge in [-0.3, -0.25) is 0 Å². The molecule has 0 spiro atoms. The van der Waals surface area contributed by atoms with Crippen molar-refractivity contribution in [3.8, 4) is 5.95 Å². The van der Waals surface area contributed by atoms with Crippen LogP contribution in [-0.2, 0) is 6.18 Å². The van der Waals surface area contributed by atoms with E-state index in [1.54, 1.807) is 25.1 Å². The van der Waals surface area contributed by atoms with E-state index in [4.69, 9.17) is 0 Å². The van der Waals surface area contributed by atoms with Crippen LogP contribution in [0.1, 0.15) is 51.8 Å². The topological polar surface area (TPSA) is 46.8 Å². The van der Waals surface area contributed by atoms with E-state index in [0.717, 1.165) is 6.42 Å². The van der Waals surface area contributed by atoms with Crippen LogP contribution in [0.4, 0.5) is 19.0 Å². The molecule has 0 fully saturated rings. The maximum atomic E-state index is 14.0. The Morgan fingerprint density at radius 1 is 1.07 bits per heavy atom. The Balaban J connectivity index is 2.34. The molecule has 0 saturated heterocycles. The van der Waals surface area contributed by atoms with Crippen LogP contribution >= 0.6 is 0 Å². The summed E-state index contributed by atoms with van der Waals surface area (Å²) in [5, 5.41) is 3.93. The van der Waals surface area contributed by atoms with Crippen LogP contribution < -0.4 is 4.90 Å². The van der Waals surface area contributed by atoms with Gasteiger partial charge in [0.1, 0.15) is 5.82 Å². The molecule has 0 atom stereocenters. The minimum Gasteiger partial charge on any atom is -0.362 e. The smallest absolute Gasteiger partial charge is 0.362 e. The number of aromatic nitrogens is 4. The molecular formula is C20H26F3N5. The lowest BCUT2D eigenvalue weighted by molar-refractivity contribution is -0.141. The summed E-state index contributed by atoms with van der Waals surface area (Å²) in [5.41, 5.74) is -0.450. The molecule has 0 amide bonds. The minimum absolute atomic E-state index is 0.109.